The zero-order valence-electron chi connectivity index (χ0n) is 18.6. The first-order valence-electron chi connectivity index (χ1n) is 11.2. The summed E-state index contributed by atoms with van der Waals surface area (Å²) < 4.78 is 1.87. The highest BCUT2D eigenvalue weighted by atomic mass is 35.5. The molecule has 9 heteroatoms. The number of aromatic nitrogens is 3. The average molecular weight is 493 g/mol. The second-order valence-corrected chi connectivity index (χ2v) is 9.35. The SMILES string of the molecule is O=C(/C=C/c1c(Cl)nc2sccn12)Nc1ccccc1N1CCN(CCc2ccncc2)CC1. The van der Waals surface area contributed by atoms with E-state index in [0.717, 1.165) is 55.5 Å². The number of para-hydroxylation sites is 2. The molecular weight excluding hydrogens is 468 g/mol. The summed E-state index contributed by atoms with van der Waals surface area (Å²) >= 11 is 7.73. The summed E-state index contributed by atoms with van der Waals surface area (Å²) in [6.45, 7) is 4.85. The normalized spacial score (nSPS) is 14.8. The van der Waals surface area contributed by atoms with Gasteiger partial charge < -0.3 is 10.2 Å². The van der Waals surface area contributed by atoms with Gasteiger partial charge in [0.1, 0.15) is 0 Å². The number of nitrogens with zero attached hydrogens (tertiary/aromatic N) is 5. The van der Waals surface area contributed by atoms with Crippen LogP contribution in [0.15, 0.2) is 66.4 Å². The molecule has 5 rings (SSSR count). The van der Waals surface area contributed by atoms with E-state index in [9.17, 15) is 4.79 Å². The predicted octanol–water partition coefficient (Wildman–Crippen LogP) is 4.46. The Hall–Kier alpha value is -3.20. The Labute approximate surface area is 207 Å². The topological polar surface area (TPSA) is 65.8 Å². The Balaban J connectivity index is 1.19. The van der Waals surface area contributed by atoms with Crippen molar-refractivity contribution >= 4 is 51.3 Å². The highest BCUT2D eigenvalue weighted by molar-refractivity contribution is 7.15. The maximum absolute atomic E-state index is 12.7. The van der Waals surface area contributed by atoms with Gasteiger partial charge in [0.05, 0.1) is 17.1 Å². The zero-order valence-corrected chi connectivity index (χ0v) is 20.2. The minimum atomic E-state index is -0.204. The van der Waals surface area contributed by atoms with Crippen molar-refractivity contribution in [3.05, 3.63) is 82.9 Å². The number of anilines is 2. The van der Waals surface area contributed by atoms with Crippen molar-refractivity contribution in [3.8, 4) is 0 Å². The summed E-state index contributed by atoms with van der Waals surface area (Å²) in [5.74, 6) is -0.204. The third kappa shape index (κ3) is 5.14. The molecule has 1 fully saturated rings. The van der Waals surface area contributed by atoms with Crippen LogP contribution in [0.2, 0.25) is 5.15 Å². The Morgan fingerprint density at radius 3 is 2.74 bits per heavy atom. The first kappa shape index (κ1) is 22.6. The maximum Gasteiger partial charge on any atom is 0.248 e. The second kappa shape index (κ2) is 10.4. The molecule has 174 valence electrons. The number of imidazole rings is 1. The quantitative estimate of drug-likeness (QED) is 0.386. The van der Waals surface area contributed by atoms with Crippen molar-refractivity contribution in [1.82, 2.24) is 19.3 Å². The summed E-state index contributed by atoms with van der Waals surface area (Å²) in [6.07, 6.45) is 9.82. The summed E-state index contributed by atoms with van der Waals surface area (Å²) in [5, 5.41) is 5.36. The number of piperazine rings is 1. The molecule has 0 spiro atoms. The lowest BCUT2D eigenvalue weighted by Crippen LogP contribution is -2.47. The molecule has 0 saturated carbocycles. The number of hydrogen-bond acceptors (Lipinski definition) is 6. The van der Waals surface area contributed by atoms with E-state index in [4.69, 9.17) is 11.6 Å². The molecule has 1 aliphatic rings. The molecule has 3 aromatic heterocycles. The van der Waals surface area contributed by atoms with Crippen molar-refractivity contribution in [2.75, 3.05) is 42.9 Å². The van der Waals surface area contributed by atoms with Crippen LogP contribution in [-0.2, 0) is 11.2 Å². The zero-order chi connectivity index (χ0) is 23.3. The molecule has 4 heterocycles. The molecule has 0 bridgehead atoms. The van der Waals surface area contributed by atoms with Gasteiger partial charge >= 0.3 is 0 Å². The number of nitrogens with one attached hydrogen (secondary N) is 1. The molecule has 0 radical (unpaired) electrons. The standard InChI is InChI=1S/C25H25ClN6OS/c26-24-22(32-17-18-34-25(32)29-24)5-6-23(33)28-20-3-1-2-4-21(20)31-15-13-30(14-16-31)12-9-19-7-10-27-11-8-19/h1-8,10-11,17-18H,9,12-16H2,(H,28,33)/b6-5+. The molecule has 0 aliphatic carbocycles. The maximum atomic E-state index is 12.7. The monoisotopic (exact) mass is 492 g/mol. The predicted molar refractivity (Wildman–Crippen MR) is 139 cm³/mol. The largest absolute Gasteiger partial charge is 0.367 e. The number of hydrogen-bond donors (Lipinski definition) is 1. The number of halogens is 1. The van der Waals surface area contributed by atoms with Crippen molar-refractivity contribution in [3.63, 3.8) is 0 Å². The summed E-state index contributed by atoms with van der Waals surface area (Å²) in [4.78, 5) is 26.7. The number of thiazole rings is 1. The van der Waals surface area contributed by atoms with E-state index < -0.39 is 0 Å². The van der Waals surface area contributed by atoms with Gasteiger partial charge in [0, 0.05) is 62.8 Å². The number of carbonyl (C=O) groups is 1. The minimum Gasteiger partial charge on any atom is -0.367 e. The van der Waals surface area contributed by atoms with Crippen molar-refractivity contribution in [2.45, 2.75) is 6.42 Å². The lowest BCUT2D eigenvalue weighted by atomic mass is 10.1. The fourth-order valence-electron chi connectivity index (χ4n) is 4.16. The van der Waals surface area contributed by atoms with Gasteiger partial charge in [-0.25, -0.2) is 4.98 Å². The molecule has 1 amide bonds. The van der Waals surface area contributed by atoms with E-state index in [1.807, 2.05) is 46.6 Å². The molecule has 1 N–H and O–H groups in total. The Bertz CT molecular complexity index is 1290. The minimum absolute atomic E-state index is 0.204. The third-order valence-corrected chi connectivity index (χ3v) is 7.02. The van der Waals surface area contributed by atoms with E-state index in [2.05, 4.69) is 43.3 Å². The first-order valence-corrected chi connectivity index (χ1v) is 12.5. The number of rotatable bonds is 7. The van der Waals surface area contributed by atoms with E-state index in [0.29, 0.717) is 10.8 Å². The van der Waals surface area contributed by atoms with Gasteiger partial charge in [-0.15, -0.1) is 11.3 Å². The van der Waals surface area contributed by atoms with Gasteiger partial charge in [0.2, 0.25) is 5.91 Å². The van der Waals surface area contributed by atoms with Crippen LogP contribution in [0, 0.1) is 0 Å². The van der Waals surface area contributed by atoms with Crippen LogP contribution in [0.25, 0.3) is 11.0 Å². The number of benzene rings is 1. The Kier molecular flexibility index (Phi) is 6.89. The second-order valence-electron chi connectivity index (χ2n) is 8.12. The van der Waals surface area contributed by atoms with Gasteiger partial charge in [-0.1, -0.05) is 23.7 Å². The van der Waals surface area contributed by atoms with Gasteiger partial charge in [-0.05, 0) is 42.3 Å². The Morgan fingerprint density at radius 2 is 1.91 bits per heavy atom. The highest BCUT2D eigenvalue weighted by Crippen LogP contribution is 2.27. The summed E-state index contributed by atoms with van der Waals surface area (Å²) in [5.41, 5.74) is 3.86. The molecule has 0 unspecified atom stereocenters. The lowest BCUT2D eigenvalue weighted by Gasteiger charge is -2.37. The van der Waals surface area contributed by atoms with Crippen LogP contribution in [0.4, 0.5) is 11.4 Å². The van der Waals surface area contributed by atoms with Crippen LogP contribution in [0.3, 0.4) is 0 Å². The average Bonchev–Trinajstić information content (AvgIpc) is 3.43. The number of carbonyl (C=O) groups excluding carboxylic acids is 1. The van der Waals surface area contributed by atoms with Crippen LogP contribution >= 0.6 is 22.9 Å². The van der Waals surface area contributed by atoms with Gasteiger partial charge in [-0.2, -0.15) is 0 Å². The van der Waals surface area contributed by atoms with Crippen LogP contribution < -0.4 is 10.2 Å². The van der Waals surface area contributed by atoms with Gasteiger partial charge in [0.25, 0.3) is 0 Å². The molecular formula is C25H25ClN6OS. The van der Waals surface area contributed by atoms with Crippen LogP contribution in [-0.4, -0.2) is 57.9 Å². The van der Waals surface area contributed by atoms with Crippen molar-refractivity contribution in [1.29, 1.82) is 0 Å². The molecule has 34 heavy (non-hydrogen) atoms. The number of amides is 1. The van der Waals surface area contributed by atoms with Crippen LogP contribution in [0.1, 0.15) is 11.3 Å². The fourth-order valence-corrected chi connectivity index (χ4v) is 5.16. The van der Waals surface area contributed by atoms with Crippen molar-refractivity contribution < 1.29 is 4.79 Å². The van der Waals surface area contributed by atoms with E-state index in [-0.39, 0.29) is 5.91 Å². The highest BCUT2D eigenvalue weighted by Gasteiger charge is 2.19. The fraction of sp³-hybridized carbons (Fsp3) is 0.240. The first-order chi connectivity index (χ1) is 16.7. The molecule has 1 aromatic carbocycles. The van der Waals surface area contributed by atoms with E-state index >= 15 is 0 Å². The van der Waals surface area contributed by atoms with Crippen molar-refractivity contribution in [2.24, 2.45) is 0 Å². The number of fused-ring (bicyclic) bond motifs is 1. The molecule has 1 saturated heterocycles. The molecule has 7 nitrogen and oxygen atoms in total. The molecule has 1 aliphatic heterocycles. The molecule has 0 atom stereocenters. The smallest absolute Gasteiger partial charge is 0.248 e. The van der Waals surface area contributed by atoms with E-state index in [1.54, 1.807) is 6.08 Å². The number of pyridine rings is 1. The Morgan fingerprint density at radius 1 is 1.12 bits per heavy atom. The summed E-state index contributed by atoms with van der Waals surface area (Å²) in [6, 6.07) is 12.1. The lowest BCUT2D eigenvalue weighted by molar-refractivity contribution is -0.111. The molecule has 4 aromatic rings. The summed E-state index contributed by atoms with van der Waals surface area (Å²) in [7, 11) is 0. The van der Waals surface area contributed by atoms with Gasteiger partial charge in [0.15, 0.2) is 10.1 Å². The van der Waals surface area contributed by atoms with Gasteiger partial charge in [-0.3, -0.25) is 19.1 Å². The van der Waals surface area contributed by atoms with E-state index in [1.165, 1.54) is 23.0 Å². The van der Waals surface area contributed by atoms with Crippen LogP contribution in [0.5, 0.6) is 0 Å². The third-order valence-electron chi connectivity index (χ3n) is 5.99.